The first-order chi connectivity index (χ1) is 8.61. The highest BCUT2D eigenvalue weighted by molar-refractivity contribution is 6.32. The van der Waals surface area contributed by atoms with E-state index in [0.29, 0.717) is 27.6 Å². The van der Waals surface area contributed by atoms with Crippen LogP contribution >= 0.6 is 11.6 Å². The Morgan fingerprint density at radius 2 is 1.72 bits per heavy atom. The second kappa shape index (κ2) is 5.10. The van der Waals surface area contributed by atoms with Crippen molar-refractivity contribution in [3.05, 3.63) is 58.6 Å². The van der Waals surface area contributed by atoms with Gasteiger partial charge in [-0.15, -0.1) is 0 Å². The fourth-order valence-electron chi connectivity index (χ4n) is 1.60. The third-order valence-corrected chi connectivity index (χ3v) is 2.90. The van der Waals surface area contributed by atoms with Gasteiger partial charge in [0.1, 0.15) is 5.75 Å². The molecule has 4 heteroatoms. The second-order valence-electron chi connectivity index (χ2n) is 3.80. The molecule has 3 nitrogen and oxygen atoms in total. The van der Waals surface area contributed by atoms with Crippen LogP contribution in [0.1, 0.15) is 15.9 Å². The summed E-state index contributed by atoms with van der Waals surface area (Å²) in [4.78, 5) is 12.2. The molecule has 2 aromatic carbocycles. The van der Waals surface area contributed by atoms with Crippen LogP contribution in [0.2, 0.25) is 5.02 Å². The lowest BCUT2D eigenvalue weighted by Crippen LogP contribution is -2.02. The number of nitrogen functional groups attached to an aromatic ring is 1. The standard InChI is InChI=1S/C14H12ClNO2/c1-18-13-8-10(4-7-12(13)15)14(17)9-2-5-11(16)6-3-9/h2-8H,16H2,1H3. The largest absolute Gasteiger partial charge is 0.495 e. The van der Waals surface area contributed by atoms with Crippen molar-refractivity contribution in [2.24, 2.45) is 0 Å². The van der Waals surface area contributed by atoms with E-state index < -0.39 is 0 Å². The third kappa shape index (κ3) is 2.46. The van der Waals surface area contributed by atoms with Crippen LogP contribution in [0.4, 0.5) is 5.69 Å². The molecule has 92 valence electrons. The van der Waals surface area contributed by atoms with Gasteiger partial charge in [0.2, 0.25) is 0 Å². The van der Waals surface area contributed by atoms with Gasteiger partial charge in [-0.3, -0.25) is 4.79 Å². The Bertz CT molecular complexity index is 579. The lowest BCUT2D eigenvalue weighted by Gasteiger charge is -2.06. The van der Waals surface area contributed by atoms with Crippen LogP contribution in [-0.2, 0) is 0 Å². The zero-order chi connectivity index (χ0) is 13.1. The predicted molar refractivity (Wildman–Crippen MR) is 72.3 cm³/mol. The van der Waals surface area contributed by atoms with Gasteiger partial charge < -0.3 is 10.5 Å². The average molecular weight is 262 g/mol. The summed E-state index contributed by atoms with van der Waals surface area (Å²) in [5.41, 5.74) is 7.31. The quantitative estimate of drug-likeness (QED) is 0.682. The summed E-state index contributed by atoms with van der Waals surface area (Å²) in [7, 11) is 1.51. The highest BCUT2D eigenvalue weighted by atomic mass is 35.5. The molecule has 2 aromatic rings. The third-order valence-electron chi connectivity index (χ3n) is 2.59. The number of ether oxygens (including phenoxy) is 1. The van der Waals surface area contributed by atoms with Crippen molar-refractivity contribution in [1.29, 1.82) is 0 Å². The maximum atomic E-state index is 12.2. The second-order valence-corrected chi connectivity index (χ2v) is 4.21. The molecule has 0 aliphatic carbocycles. The molecule has 0 bridgehead atoms. The topological polar surface area (TPSA) is 52.3 Å². The Morgan fingerprint density at radius 3 is 2.33 bits per heavy atom. The number of hydrogen-bond donors (Lipinski definition) is 1. The summed E-state index contributed by atoms with van der Waals surface area (Å²) in [5.74, 6) is 0.392. The van der Waals surface area contributed by atoms with Gasteiger partial charge in [-0.05, 0) is 42.5 Å². The number of anilines is 1. The van der Waals surface area contributed by atoms with Crippen molar-refractivity contribution in [2.75, 3.05) is 12.8 Å². The van der Waals surface area contributed by atoms with E-state index in [1.807, 2.05) is 0 Å². The summed E-state index contributed by atoms with van der Waals surface area (Å²) in [6, 6.07) is 11.7. The summed E-state index contributed by atoms with van der Waals surface area (Å²) < 4.78 is 5.09. The minimum atomic E-state index is -0.0926. The minimum absolute atomic E-state index is 0.0926. The molecule has 2 rings (SSSR count). The number of rotatable bonds is 3. The summed E-state index contributed by atoms with van der Waals surface area (Å²) in [6.07, 6.45) is 0. The zero-order valence-corrected chi connectivity index (χ0v) is 10.6. The smallest absolute Gasteiger partial charge is 0.193 e. The van der Waals surface area contributed by atoms with Gasteiger partial charge in [-0.2, -0.15) is 0 Å². The van der Waals surface area contributed by atoms with Crippen LogP contribution in [0, 0.1) is 0 Å². The lowest BCUT2D eigenvalue weighted by molar-refractivity contribution is 0.103. The van der Waals surface area contributed by atoms with Gasteiger partial charge in [0.25, 0.3) is 0 Å². The summed E-state index contributed by atoms with van der Waals surface area (Å²) in [5, 5.41) is 0.478. The maximum absolute atomic E-state index is 12.2. The molecule has 0 unspecified atom stereocenters. The molecule has 0 saturated carbocycles. The average Bonchev–Trinajstić information content (AvgIpc) is 2.39. The molecule has 0 aromatic heterocycles. The fraction of sp³-hybridized carbons (Fsp3) is 0.0714. The molecular formula is C14H12ClNO2. The molecule has 0 aliphatic rings. The number of ketones is 1. The van der Waals surface area contributed by atoms with Crippen LogP contribution < -0.4 is 10.5 Å². The highest BCUT2D eigenvalue weighted by Gasteiger charge is 2.11. The Hall–Kier alpha value is -2.00. The van der Waals surface area contributed by atoms with Crippen molar-refractivity contribution >= 4 is 23.1 Å². The van der Waals surface area contributed by atoms with E-state index in [1.165, 1.54) is 7.11 Å². The number of carbonyl (C=O) groups is 1. The minimum Gasteiger partial charge on any atom is -0.495 e. The molecule has 0 saturated heterocycles. The van der Waals surface area contributed by atoms with E-state index in [-0.39, 0.29) is 5.78 Å². The van der Waals surface area contributed by atoms with E-state index >= 15 is 0 Å². The molecule has 0 fully saturated rings. The number of carbonyl (C=O) groups excluding carboxylic acids is 1. The summed E-state index contributed by atoms with van der Waals surface area (Å²) in [6.45, 7) is 0. The molecule has 0 radical (unpaired) electrons. The first kappa shape index (κ1) is 12.5. The van der Waals surface area contributed by atoms with Crippen LogP contribution in [-0.4, -0.2) is 12.9 Å². The Balaban J connectivity index is 2.37. The molecule has 0 amide bonds. The normalized spacial score (nSPS) is 10.1. The van der Waals surface area contributed by atoms with E-state index in [2.05, 4.69) is 0 Å². The van der Waals surface area contributed by atoms with Gasteiger partial charge in [0, 0.05) is 16.8 Å². The van der Waals surface area contributed by atoms with Gasteiger partial charge in [0.05, 0.1) is 12.1 Å². The number of hydrogen-bond acceptors (Lipinski definition) is 3. The van der Waals surface area contributed by atoms with Crippen molar-refractivity contribution in [2.45, 2.75) is 0 Å². The molecular weight excluding hydrogens is 250 g/mol. The number of nitrogens with two attached hydrogens (primary N) is 1. The van der Waals surface area contributed by atoms with E-state index in [9.17, 15) is 4.79 Å². The number of halogens is 1. The van der Waals surface area contributed by atoms with Gasteiger partial charge in [-0.25, -0.2) is 0 Å². The lowest BCUT2D eigenvalue weighted by atomic mass is 10.0. The maximum Gasteiger partial charge on any atom is 0.193 e. The predicted octanol–water partition coefficient (Wildman–Crippen LogP) is 3.16. The zero-order valence-electron chi connectivity index (χ0n) is 9.81. The molecule has 0 aliphatic heterocycles. The SMILES string of the molecule is COc1cc(C(=O)c2ccc(N)cc2)ccc1Cl. The fourth-order valence-corrected chi connectivity index (χ4v) is 1.80. The summed E-state index contributed by atoms with van der Waals surface area (Å²) >= 11 is 5.91. The van der Waals surface area contributed by atoms with Crippen molar-refractivity contribution in [3.63, 3.8) is 0 Å². The number of benzene rings is 2. The van der Waals surface area contributed by atoms with Crippen molar-refractivity contribution in [3.8, 4) is 5.75 Å². The van der Waals surface area contributed by atoms with E-state index in [1.54, 1.807) is 42.5 Å². The van der Waals surface area contributed by atoms with E-state index in [0.717, 1.165) is 0 Å². The first-order valence-electron chi connectivity index (χ1n) is 5.35. The molecule has 0 heterocycles. The number of methoxy groups -OCH3 is 1. The Labute approximate surface area is 110 Å². The van der Waals surface area contributed by atoms with Crippen molar-refractivity contribution < 1.29 is 9.53 Å². The molecule has 0 spiro atoms. The van der Waals surface area contributed by atoms with Gasteiger partial charge in [0.15, 0.2) is 5.78 Å². The highest BCUT2D eigenvalue weighted by Crippen LogP contribution is 2.26. The molecule has 0 atom stereocenters. The van der Waals surface area contributed by atoms with Crippen LogP contribution in [0.3, 0.4) is 0 Å². The monoisotopic (exact) mass is 261 g/mol. The van der Waals surface area contributed by atoms with Gasteiger partial charge in [-0.1, -0.05) is 11.6 Å². The van der Waals surface area contributed by atoms with Crippen LogP contribution in [0.5, 0.6) is 5.75 Å². The van der Waals surface area contributed by atoms with Crippen LogP contribution in [0.15, 0.2) is 42.5 Å². The molecule has 2 N–H and O–H groups in total. The van der Waals surface area contributed by atoms with Crippen LogP contribution in [0.25, 0.3) is 0 Å². The van der Waals surface area contributed by atoms with Gasteiger partial charge >= 0.3 is 0 Å². The van der Waals surface area contributed by atoms with E-state index in [4.69, 9.17) is 22.1 Å². The van der Waals surface area contributed by atoms with Crippen molar-refractivity contribution in [1.82, 2.24) is 0 Å². The first-order valence-corrected chi connectivity index (χ1v) is 5.73. The Kier molecular flexibility index (Phi) is 3.53. The molecule has 18 heavy (non-hydrogen) atoms. The Morgan fingerprint density at radius 1 is 1.11 bits per heavy atom.